The van der Waals surface area contributed by atoms with Gasteiger partial charge in [-0.05, 0) is 24.8 Å². The van der Waals surface area contributed by atoms with Crippen LogP contribution in [-0.2, 0) is 25.6 Å². The van der Waals surface area contributed by atoms with E-state index in [1.165, 1.54) is 6.92 Å². The lowest BCUT2D eigenvalue weighted by Crippen LogP contribution is -2.61. The Balaban J connectivity index is 2.85. The second kappa shape index (κ2) is 13.0. The Morgan fingerprint density at radius 3 is 1.94 bits per heavy atom. The van der Waals surface area contributed by atoms with Crippen molar-refractivity contribution >= 4 is 36.3 Å². The quantitative estimate of drug-likeness (QED) is 0.194. The Kier molecular flexibility index (Phi) is 11.2. The van der Waals surface area contributed by atoms with Gasteiger partial charge in [0.2, 0.25) is 17.7 Å². The smallest absolute Gasteiger partial charge is 0.327 e. The van der Waals surface area contributed by atoms with E-state index in [0.717, 1.165) is 5.56 Å². The number of thiol groups is 1. The monoisotopic (exact) mass is 468 g/mol. The fourth-order valence-corrected chi connectivity index (χ4v) is 3.10. The third-order valence-electron chi connectivity index (χ3n) is 4.74. The first kappa shape index (κ1) is 27.4. The van der Waals surface area contributed by atoms with Gasteiger partial charge in [-0.1, -0.05) is 44.2 Å². The van der Waals surface area contributed by atoms with Crippen LogP contribution >= 0.6 is 12.6 Å². The van der Waals surface area contributed by atoms with Gasteiger partial charge in [-0.3, -0.25) is 14.4 Å². The summed E-state index contributed by atoms with van der Waals surface area (Å²) < 4.78 is 0. The highest BCUT2D eigenvalue weighted by Gasteiger charge is 2.33. The van der Waals surface area contributed by atoms with E-state index < -0.39 is 59.9 Å². The van der Waals surface area contributed by atoms with Crippen LogP contribution in [0.4, 0.5) is 0 Å². The van der Waals surface area contributed by atoms with Crippen LogP contribution in [0.3, 0.4) is 0 Å². The Labute approximate surface area is 192 Å². The summed E-state index contributed by atoms with van der Waals surface area (Å²) in [6.45, 7) is 4.64. The summed E-state index contributed by atoms with van der Waals surface area (Å²) in [6, 6.07) is 4.44. The fourth-order valence-electron chi connectivity index (χ4n) is 2.85. The van der Waals surface area contributed by atoms with Crippen molar-refractivity contribution in [3.8, 4) is 0 Å². The SMILES string of the molecule is CC(C)C(NC(=O)C(NC(=O)C(N)Cc1ccccc1)C(C)O)C(=O)NC(CS)C(=O)O. The molecule has 7 N–H and O–H groups in total. The van der Waals surface area contributed by atoms with Gasteiger partial charge in [0.05, 0.1) is 12.1 Å². The van der Waals surface area contributed by atoms with Gasteiger partial charge in [0.15, 0.2) is 0 Å². The molecule has 0 aliphatic rings. The molecule has 11 heteroatoms. The van der Waals surface area contributed by atoms with Crippen molar-refractivity contribution in [2.75, 3.05) is 5.75 Å². The van der Waals surface area contributed by atoms with E-state index in [2.05, 4.69) is 28.6 Å². The number of aliphatic carboxylic acids is 1. The minimum atomic E-state index is -1.36. The minimum absolute atomic E-state index is 0.133. The molecule has 1 aromatic carbocycles. The van der Waals surface area contributed by atoms with Gasteiger partial charge in [-0.25, -0.2) is 4.79 Å². The summed E-state index contributed by atoms with van der Waals surface area (Å²) >= 11 is 3.90. The van der Waals surface area contributed by atoms with Crippen molar-refractivity contribution < 1.29 is 29.4 Å². The zero-order chi connectivity index (χ0) is 24.4. The van der Waals surface area contributed by atoms with Crippen LogP contribution in [-0.4, -0.2) is 69.9 Å². The number of hydrogen-bond donors (Lipinski definition) is 7. The largest absolute Gasteiger partial charge is 0.480 e. The average molecular weight is 469 g/mol. The lowest BCUT2D eigenvalue weighted by Gasteiger charge is -2.28. The zero-order valence-electron chi connectivity index (χ0n) is 18.3. The lowest BCUT2D eigenvalue weighted by molar-refractivity contribution is -0.142. The number of nitrogens with two attached hydrogens (primary N) is 1. The number of carboxylic acid groups (broad SMARTS) is 1. The van der Waals surface area contributed by atoms with Crippen LogP contribution in [0.15, 0.2) is 30.3 Å². The Bertz CT molecular complexity index is 790. The number of aliphatic hydroxyl groups is 1. The van der Waals surface area contributed by atoms with Gasteiger partial charge in [0.25, 0.3) is 0 Å². The molecule has 0 heterocycles. The van der Waals surface area contributed by atoms with Crippen LogP contribution in [0.25, 0.3) is 0 Å². The minimum Gasteiger partial charge on any atom is -0.480 e. The van der Waals surface area contributed by atoms with Gasteiger partial charge < -0.3 is 31.9 Å². The molecule has 0 saturated carbocycles. The standard InChI is InChI=1S/C21H32N4O6S/c1-11(2)16(19(28)23-15(10-32)21(30)31)24-20(29)17(12(3)26)25-18(27)14(22)9-13-7-5-4-6-8-13/h4-8,11-12,14-17,26,32H,9-10,22H2,1-3H3,(H,23,28)(H,24,29)(H,25,27)(H,30,31). The van der Waals surface area contributed by atoms with E-state index in [4.69, 9.17) is 10.8 Å². The Morgan fingerprint density at radius 2 is 1.47 bits per heavy atom. The van der Waals surface area contributed by atoms with Crippen LogP contribution in [0.1, 0.15) is 26.3 Å². The third-order valence-corrected chi connectivity index (χ3v) is 5.11. The molecule has 0 aliphatic carbocycles. The number of carbonyl (C=O) groups excluding carboxylic acids is 3. The Morgan fingerprint density at radius 1 is 0.938 bits per heavy atom. The molecule has 3 amide bonds. The number of hydrogen-bond acceptors (Lipinski definition) is 7. The molecular formula is C21H32N4O6S. The van der Waals surface area contributed by atoms with E-state index in [9.17, 15) is 24.3 Å². The van der Waals surface area contributed by atoms with Crippen molar-refractivity contribution in [2.24, 2.45) is 11.7 Å². The summed E-state index contributed by atoms with van der Waals surface area (Å²) in [6.07, 6.45) is -1.04. The third kappa shape index (κ3) is 8.48. The number of amides is 3. The van der Waals surface area contributed by atoms with Crippen molar-refractivity contribution in [1.29, 1.82) is 0 Å². The highest BCUT2D eigenvalue weighted by Crippen LogP contribution is 2.06. The average Bonchev–Trinajstić information content (AvgIpc) is 2.73. The number of nitrogens with one attached hydrogen (secondary N) is 3. The van der Waals surface area contributed by atoms with Gasteiger partial charge in [0, 0.05) is 5.75 Å². The van der Waals surface area contributed by atoms with E-state index in [-0.39, 0.29) is 12.2 Å². The predicted molar refractivity (Wildman–Crippen MR) is 122 cm³/mol. The number of aliphatic hydroxyl groups excluding tert-OH is 1. The summed E-state index contributed by atoms with van der Waals surface area (Å²) in [5.74, 6) is -3.95. The molecule has 10 nitrogen and oxygen atoms in total. The lowest BCUT2D eigenvalue weighted by atomic mass is 10.0. The molecule has 1 rings (SSSR count). The summed E-state index contributed by atoms with van der Waals surface area (Å²) in [7, 11) is 0. The van der Waals surface area contributed by atoms with E-state index >= 15 is 0 Å². The first-order valence-corrected chi connectivity index (χ1v) is 10.8. The molecule has 5 atom stereocenters. The molecule has 0 bridgehead atoms. The van der Waals surface area contributed by atoms with Crippen LogP contribution in [0.5, 0.6) is 0 Å². The normalized spacial score (nSPS) is 15.7. The molecule has 178 valence electrons. The number of carboxylic acids is 1. The zero-order valence-corrected chi connectivity index (χ0v) is 19.2. The van der Waals surface area contributed by atoms with Crippen molar-refractivity contribution in [3.63, 3.8) is 0 Å². The molecule has 0 spiro atoms. The number of benzene rings is 1. The maximum Gasteiger partial charge on any atom is 0.327 e. The molecule has 5 unspecified atom stereocenters. The fraction of sp³-hybridized carbons (Fsp3) is 0.524. The molecule has 0 radical (unpaired) electrons. The van der Waals surface area contributed by atoms with Crippen LogP contribution in [0, 0.1) is 5.92 Å². The van der Waals surface area contributed by atoms with E-state index in [1.807, 2.05) is 30.3 Å². The van der Waals surface area contributed by atoms with Gasteiger partial charge in [-0.15, -0.1) is 0 Å². The molecule has 0 aromatic heterocycles. The molecule has 1 aromatic rings. The molecule has 0 fully saturated rings. The first-order chi connectivity index (χ1) is 15.0. The molecule has 0 aliphatic heterocycles. The summed E-state index contributed by atoms with van der Waals surface area (Å²) in [4.78, 5) is 48.9. The maximum atomic E-state index is 12.8. The predicted octanol–water partition coefficient (Wildman–Crippen LogP) is -0.938. The Hall–Kier alpha value is -2.63. The number of carbonyl (C=O) groups is 4. The van der Waals surface area contributed by atoms with Crippen LogP contribution < -0.4 is 21.7 Å². The highest BCUT2D eigenvalue weighted by atomic mass is 32.1. The molecule has 0 saturated heterocycles. The second-order valence-electron chi connectivity index (χ2n) is 7.84. The summed E-state index contributed by atoms with van der Waals surface area (Å²) in [5.41, 5.74) is 6.78. The topological polar surface area (TPSA) is 171 Å². The number of rotatable bonds is 12. The van der Waals surface area contributed by atoms with Crippen LogP contribution in [0.2, 0.25) is 0 Å². The van der Waals surface area contributed by atoms with Gasteiger partial charge >= 0.3 is 5.97 Å². The van der Waals surface area contributed by atoms with Gasteiger partial charge in [-0.2, -0.15) is 12.6 Å². The highest BCUT2D eigenvalue weighted by molar-refractivity contribution is 7.80. The van der Waals surface area contributed by atoms with Gasteiger partial charge in [0.1, 0.15) is 18.1 Å². The maximum absolute atomic E-state index is 12.8. The van der Waals surface area contributed by atoms with Crippen molar-refractivity contribution in [3.05, 3.63) is 35.9 Å². The molecular weight excluding hydrogens is 436 g/mol. The van der Waals surface area contributed by atoms with Crippen molar-refractivity contribution in [2.45, 2.75) is 57.5 Å². The first-order valence-electron chi connectivity index (χ1n) is 10.2. The van der Waals surface area contributed by atoms with E-state index in [1.54, 1.807) is 13.8 Å². The van der Waals surface area contributed by atoms with E-state index in [0.29, 0.717) is 0 Å². The second-order valence-corrected chi connectivity index (χ2v) is 8.20. The molecule has 32 heavy (non-hydrogen) atoms. The summed E-state index contributed by atoms with van der Waals surface area (Å²) in [5, 5.41) is 26.4. The van der Waals surface area contributed by atoms with Crippen molar-refractivity contribution in [1.82, 2.24) is 16.0 Å².